The van der Waals surface area contributed by atoms with Crippen molar-refractivity contribution >= 4 is 22.4 Å². The summed E-state index contributed by atoms with van der Waals surface area (Å²) in [6.45, 7) is 11.6. The van der Waals surface area contributed by atoms with Crippen LogP contribution in [0.5, 0.6) is 0 Å². The molecule has 35 heavy (non-hydrogen) atoms. The number of nitrogens with zero attached hydrogens (tertiary/aromatic N) is 7. The molecule has 0 saturated carbocycles. The first-order chi connectivity index (χ1) is 16.9. The average molecular weight is 471 g/mol. The van der Waals surface area contributed by atoms with Gasteiger partial charge >= 0.3 is 0 Å². The molecule has 182 valence electrons. The fourth-order valence-electron chi connectivity index (χ4n) is 5.65. The number of fused-ring (bicyclic) bond motifs is 2. The summed E-state index contributed by atoms with van der Waals surface area (Å²) < 4.78 is 1.86. The van der Waals surface area contributed by atoms with Crippen molar-refractivity contribution < 1.29 is 0 Å². The summed E-state index contributed by atoms with van der Waals surface area (Å²) in [5.74, 6) is 1.44. The Morgan fingerprint density at radius 3 is 2.71 bits per heavy atom. The lowest BCUT2D eigenvalue weighted by Crippen LogP contribution is -2.44. The van der Waals surface area contributed by atoms with Gasteiger partial charge in [0.2, 0.25) is 0 Å². The van der Waals surface area contributed by atoms with Crippen molar-refractivity contribution in [3.63, 3.8) is 0 Å². The monoisotopic (exact) mass is 470 g/mol. The topological polar surface area (TPSA) is 89.1 Å². The molecular weight excluding hydrogens is 436 g/mol. The Morgan fingerprint density at radius 2 is 2.00 bits per heavy atom. The highest BCUT2D eigenvalue weighted by Crippen LogP contribution is 2.39. The highest BCUT2D eigenvalue weighted by Gasteiger charge is 2.26. The second kappa shape index (κ2) is 9.31. The summed E-state index contributed by atoms with van der Waals surface area (Å²) in [5, 5.41) is 14.6. The van der Waals surface area contributed by atoms with Gasteiger partial charge < -0.3 is 14.8 Å². The fraction of sp³-hybridized carbons (Fsp3) is 0.481. The van der Waals surface area contributed by atoms with Crippen molar-refractivity contribution in [3.05, 3.63) is 41.5 Å². The SMILES string of the molecule is Cc1c(N2CCC(N(C)CCC#N)CC2)ncc2[nH]c(-c3cc(C)c4ncnn4c3)c(C(C)C)c12. The van der Waals surface area contributed by atoms with Gasteiger partial charge in [0.05, 0.1) is 23.5 Å². The lowest BCUT2D eigenvalue weighted by Gasteiger charge is -2.37. The Kier molecular flexibility index (Phi) is 6.20. The van der Waals surface area contributed by atoms with Crippen LogP contribution in [0, 0.1) is 25.2 Å². The Hall–Kier alpha value is -3.44. The van der Waals surface area contributed by atoms with E-state index in [-0.39, 0.29) is 0 Å². The smallest absolute Gasteiger partial charge is 0.158 e. The first-order valence-electron chi connectivity index (χ1n) is 12.5. The van der Waals surface area contributed by atoms with Crippen molar-refractivity contribution in [2.24, 2.45) is 0 Å². The Morgan fingerprint density at radius 1 is 1.23 bits per heavy atom. The van der Waals surface area contributed by atoms with E-state index in [1.807, 2.05) is 10.7 Å². The van der Waals surface area contributed by atoms with Crippen LogP contribution in [-0.2, 0) is 0 Å². The van der Waals surface area contributed by atoms with E-state index >= 15 is 0 Å². The fourth-order valence-corrected chi connectivity index (χ4v) is 5.65. The number of H-pyrrole nitrogens is 1. The Balaban J connectivity index is 1.50. The average Bonchev–Trinajstić information content (AvgIpc) is 3.48. The van der Waals surface area contributed by atoms with Gasteiger partial charge in [-0.05, 0) is 56.8 Å². The molecule has 4 aromatic heterocycles. The molecule has 8 nitrogen and oxygen atoms in total. The third-order valence-electron chi connectivity index (χ3n) is 7.48. The predicted octanol–water partition coefficient (Wildman–Crippen LogP) is 4.83. The number of rotatable bonds is 6. The van der Waals surface area contributed by atoms with Gasteiger partial charge in [-0.2, -0.15) is 10.4 Å². The molecular formula is C27H34N8. The molecule has 4 aromatic rings. The van der Waals surface area contributed by atoms with Crippen LogP contribution in [0.25, 0.3) is 27.8 Å². The van der Waals surface area contributed by atoms with Gasteiger partial charge in [0.25, 0.3) is 0 Å². The number of aromatic amines is 1. The Bertz CT molecular complexity index is 1400. The maximum absolute atomic E-state index is 8.90. The van der Waals surface area contributed by atoms with E-state index in [2.05, 4.69) is 77.9 Å². The molecule has 0 aliphatic carbocycles. The first-order valence-corrected chi connectivity index (χ1v) is 12.5. The molecule has 1 N–H and O–H groups in total. The lowest BCUT2D eigenvalue weighted by molar-refractivity contribution is 0.212. The molecule has 1 aliphatic heterocycles. The van der Waals surface area contributed by atoms with Crippen LogP contribution in [-0.4, -0.2) is 62.2 Å². The summed E-state index contributed by atoms with van der Waals surface area (Å²) >= 11 is 0. The van der Waals surface area contributed by atoms with Gasteiger partial charge in [-0.25, -0.2) is 14.5 Å². The summed E-state index contributed by atoms with van der Waals surface area (Å²) in [4.78, 5) is 17.8. The van der Waals surface area contributed by atoms with E-state index < -0.39 is 0 Å². The van der Waals surface area contributed by atoms with Crippen LogP contribution in [0.1, 0.15) is 55.7 Å². The van der Waals surface area contributed by atoms with Crippen molar-refractivity contribution in [2.45, 2.75) is 58.9 Å². The minimum atomic E-state index is 0.346. The third-order valence-corrected chi connectivity index (χ3v) is 7.48. The van der Waals surface area contributed by atoms with Gasteiger partial charge in [-0.3, -0.25) is 0 Å². The number of anilines is 1. The van der Waals surface area contributed by atoms with Crippen molar-refractivity contribution in [2.75, 3.05) is 31.6 Å². The molecule has 0 atom stereocenters. The number of aromatic nitrogens is 5. The maximum atomic E-state index is 8.90. The van der Waals surface area contributed by atoms with Crippen LogP contribution < -0.4 is 4.90 Å². The van der Waals surface area contributed by atoms with Crippen LogP contribution in [0.2, 0.25) is 0 Å². The molecule has 0 amide bonds. The number of pyridine rings is 2. The molecule has 0 bridgehead atoms. The highest BCUT2D eigenvalue weighted by molar-refractivity contribution is 5.95. The van der Waals surface area contributed by atoms with Crippen LogP contribution >= 0.6 is 0 Å². The predicted molar refractivity (Wildman–Crippen MR) is 140 cm³/mol. The number of hydrogen-bond donors (Lipinski definition) is 1. The van der Waals surface area contributed by atoms with Crippen LogP contribution in [0.4, 0.5) is 5.82 Å². The second-order valence-corrected chi connectivity index (χ2v) is 10.1. The number of aryl methyl sites for hydroxylation is 2. The molecule has 1 saturated heterocycles. The lowest BCUT2D eigenvalue weighted by atomic mass is 9.94. The van der Waals surface area contributed by atoms with Crippen LogP contribution in [0.3, 0.4) is 0 Å². The summed E-state index contributed by atoms with van der Waals surface area (Å²) in [7, 11) is 2.14. The molecule has 1 fully saturated rings. The number of nitriles is 1. The highest BCUT2D eigenvalue weighted by atomic mass is 15.3. The van der Waals surface area contributed by atoms with Crippen molar-refractivity contribution in [1.82, 2.24) is 29.5 Å². The van der Waals surface area contributed by atoms with Gasteiger partial charge in [-0.1, -0.05) is 13.8 Å². The zero-order valence-corrected chi connectivity index (χ0v) is 21.3. The molecule has 1 aliphatic rings. The van der Waals surface area contributed by atoms with Crippen LogP contribution in [0.15, 0.2) is 24.8 Å². The number of hydrogen-bond acceptors (Lipinski definition) is 6. The van der Waals surface area contributed by atoms with E-state index in [4.69, 9.17) is 10.2 Å². The summed E-state index contributed by atoms with van der Waals surface area (Å²) in [6, 6.07) is 4.99. The zero-order valence-electron chi connectivity index (χ0n) is 21.3. The van der Waals surface area contributed by atoms with Gasteiger partial charge in [-0.15, -0.1) is 0 Å². The third kappa shape index (κ3) is 4.14. The standard InChI is InChI=1S/C27H34N8/c1-17(2)23-24-19(4)27(34-11-7-21(8-12-34)33(5)10-6-9-28)29-14-22(24)32-25(23)20-13-18(3)26-30-16-31-35(26)15-20/h13-17,21,32H,6-8,10-12H2,1-5H3. The molecule has 0 radical (unpaired) electrons. The minimum absolute atomic E-state index is 0.346. The van der Waals surface area contributed by atoms with Crippen molar-refractivity contribution in [1.29, 1.82) is 5.26 Å². The largest absolute Gasteiger partial charge is 0.356 e. The molecule has 0 aromatic carbocycles. The van der Waals surface area contributed by atoms with E-state index in [0.29, 0.717) is 18.4 Å². The number of nitrogens with one attached hydrogen (secondary N) is 1. The summed E-state index contributed by atoms with van der Waals surface area (Å²) in [5.41, 5.74) is 7.88. The normalized spacial score (nSPS) is 15.1. The van der Waals surface area contributed by atoms with Crippen molar-refractivity contribution in [3.8, 4) is 17.3 Å². The van der Waals surface area contributed by atoms with E-state index in [1.165, 1.54) is 16.5 Å². The Labute approximate surface area is 206 Å². The van der Waals surface area contributed by atoms with E-state index in [0.717, 1.165) is 66.3 Å². The van der Waals surface area contributed by atoms with Gasteiger partial charge in [0.1, 0.15) is 12.1 Å². The second-order valence-electron chi connectivity index (χ2n) is 10.1. The molecule has 0 spiro atoms. The molecule has 5 heterocycles. The minimum Gasteiger partial charge on any atom is -0.356 e. The summed E-state index contributed by atoms with van der Waals surface area (Å²) in [6.07, 6.45) is 8.43. The van der Waals surface area contributed by atoms with E-state index in [1.54, 1.807) is 6.33 Å². The van der Waals surface area contributed by atoms with E-state index in [9.17, 15) is 0 Å². The van der Waals surface area contributed by atoms with Gasteiger partial charge in [0.15, 0.2) is 5.65 Å². The molecule has 0 unspecified atom stereocenters. The quantitative estimate of drug-likeness (QED) is 0.434. The molecule has 5 rings (SSSR count). The maximum Gasteiger partial charge on any atom is 0.158 e. The zero-order chi connectivity index (χ0) is 24.7. The van der Waals surface area contributed by atoms with Gasteiger partial charge in [0, 0.05) is 54.8 Å². The molecule has 8 heteroatoms. The first kappa shape index (κ1) is 23.3. The number of piperidine rings is 1.